The highest BCUT2D eigenvalue weighted by molar-refractivity contribution is 5.86. The Morgan fingerprint density at radius 2 is 2.40 bits per heavy atom. The lowest BCUT2D eigenvalue weighted by molar-refractivity contribution is -0.463. The van der Waals surface area contributed by atoms with Gasteiger partial charge in [-0.25, -0.2) is 4.79 Å². The fourth-order valence-electron chi connectivity index (χ4n) is 0.875. The van der Waals surface area contributed by atoms with Crippen LogP contribution in [0.3, 0.4) is 0 Å². The van der Waals surface area contributed by atoms with Gasteiger partial charge in [0.05, 0.1) is 20.6 Å². The second-order valence-corrected chi connectivity index (χ2v) is 2.50. The fourth-order valence-corrected chi connectivity index (χ4v) is 0.875. The maximum atomic E-state index is 10.9. The van der Waals surface area contributed by atoms with E-state index >= 15 is 0 Å². The zero-order valence-corrected chi connectivity index (χ0v) is 6.29. The molecule has 1 aliphatic heterocycles. The number of hydrogen-bond acceptors (Lipinski definition) is 1. The molecule has 4 heteroatoms. The molecule has 56 valence electrons. The Kier molecular flexibility index (Phi) is 1.89. The third kappa shape index (κ3) is 1.46. The normalized spacial score (nSPS) is 17.0. The average Bonchev–Trinajstić information content (AvgIpc) is 2.15. The lowest BCUT2D eigenvalue weighted by Gasteiger charge is -1.98. The molecule has 1 aliphatic rings. The van der Waals surface area contributed by atoms with E-state index in [1.165, 1.54) is 0 Å². The predicted octanol–water partition coefficient (Wildman–Crippen LogP) is -0.688. The molecule has 1 rings (SSSR count). The number of urea groups is 1. The van der Waals surface area contributed by atoms with Crippen LogP contribution in [0.1, 0.15) is 0 Å². The van der Waals surface area contributed by atoms with Gasteiger partial charge in [-0.1, -0.05) is 0 Å². The van der Waals surface area contributed by atoms with Crippen molar-refractivity contribution in [3.05, 3.63) is 0 Å². The van der Waals surface area contributed by atoms with Crippen LogP contribution in [-0.2, 0) is 0 Å². The smallest absolute Gasteiger partial charge is 0.314 e. The molecule has 0 aromatic carbocycles. The first-order valence-electron chi connectivity index (χ1n) is 3.26. The van der Waals surface area contributed by atoms with Gasteiger partial charge in [-0.15, -0.1) is 0 Å². The third-order valence-electron chi connectivity index (χ3n) is 1.26. The molecule has 1 N–H and O–H groups in total. The van der Waals surface area contributed by atoms with Gasteiger partial charge >= 0.3 is 6.03 Å². The van der Waals surface area contributed by atoms with Crippen LogP contribution in [0.25, 0.3) is 0 Å². The van der Waals surface area contributed by atoms with E-state index in [2.05, 4.69) is 5.32 Å². The Morgan fingerprint density at radius 3 is 2.80 bits per heavy atom. The summed E-state index contributed by atoms with van der Waals surface area (Å²) in [5.74, 6) is 0. The van der Waals surface area contributed by atoms with Crippen LogP contribution in [0.15, 0.2) is 0 Å². The van der Waals surface area contributed by atoms with Crippen molar-refractivity contribution in [2.24, 2.45) is 0 Å². The van der Waals surface area contributed by atoms with Crippen molar-refractivity contribution < 1.29 is 9.37 Å². The standard InChI is InChI=1S/C6H11N3O/c1-8(2)5-9-4-3-7-6(9)10/h5H,3-4H2,1-2H3/p+1. The maximum Gasteiger partial charge on any atom is 0.408 e. The lowest BCUT2D eigenvalue weighted by atomic mass is 10.6. The molecule has 0 bridgehead atoms. The van der Waals surface area contributed by atoms with E-state index in [0.29, 0.717) is 0 Å². The SMILES string of the molecule is C[N+](C)=CN1CCNC1=O. The Labute approximate surface area is 60.1 Å². The van der Waals surface area contributed by atoms with Crippen LogP contribution in [-0.4, -0.2) is 49.0 Å². The number of amides is 2. The molecule has 1 saturated heterocycles. The van der Waals surface area contributed by atoms with Crippen molar-refractivity contribution in [1.29, 1.82) is 0 Å². The van der Waals surface area contributed by atoms with E-state index in [0.717, 1.165) is 13.1 Å². The number of rotatable bonds is 1. The topological polar surface area (TPSA) is 35.4 Å². The Balaban J connectivity index is 2.56. The van der Waals surface area contributed by atoms with E-state index in [4.69, 9.17) is 0 Å². The number of nitrogens with one attached hydrogen (secondary N) is 1. The van der Waals surface area contributed by atoms with Gasteiger partial charge in [0.15, 0.2) is 0 Å². The zero-order chi connectivity index (χ0) is 7.56. The second-order valence-electron chi connectivity index (χ2n) is 2.50. The van der Waals surface area contributed by atoms with Crippen molar-refractivity contribution >= 4 is 12.4 Å². The monoisotopic (exact) mass is 142 g/mol. The minimum absolute atomic E-state index is 0.00583. The minimum atomic E-state index is -0.00583. The van der Waals surface area contributed by atoms with Crippen LogP contribution >= 0.6 is 0 Å². The van der Waals surface area contributed by atoms with Gasteiger partial charge in [-0.05, 0) is 0 Å². The molecule has 0 aromatic rings. The predicted molar refractivity (Wildman–Crippen MR) is 38.3 cm³/mol. The number of hydrogen-bond donors (Lipinski definition) is 1. The average molecular weight is 142 g/mol. The highest BCUT2D eigenvalue weighted by Gasteiger charge is 2.24. The summed E-state index contributed by atoms with van der Waals surface area (Å²) in [4.78, 5) is 12.5. The Bertz CT molecular complexity index is 172. The quantitative estimate of drug-likeness (QED) is 0.293. The summed E-state index contributed by atoms with van der Waals surface area (Å²) in [7, 11) is 3.79. The van der Waals surface area contributed by atoms with Crippen LogP contribution < -0.4 is 5.32 Å². The summed E-state index contributed by atoms with van der Waals surface area (Å²) in [5.41, 5.74) is 0. The fraction of sp³-hybridized carbons (Fsp3) is 0.667. The van der Waals surface area contributed by atoms with E-state index in [-0.39, 0.29) is 6.03 Å². The number of carbonyl (C=O) groups is 1. The van der Waals surface area contributed by atoms with Gasteiger partial charge in [0, 0.05) is 0 Å². The third-order valence-corrected chi connectivity index (χ3v) is 1.26. The molecular weight excluding hydrogens is 130 g/mol. The molecule has 0 aliphatic carbocycles. The molecule has 0 aromatic heterocycles. The lowest BCUT2D eigenvalue weighted by Crippen LogP contribution is -2.29. The van der Waals surface area contributed by atoms with Crippen LogP contribution in [0, 0.1) is 0 Å². The summed E-state index contributed by atoms with van der Waals surface area (Å²) in [5, 5.41) is 2.70. The maximum absolute atomic E-state index is 10.9. The van der Waals surface area contributed by atoms with Crippen LogP contribution in [0.2, 0.25) is 0 Å². The summed E-state index contributed by atoms with van der Waals surface area (Å²) in [6.07, 6.45) is 1.78. The van der Waals surface area contributed by atoms with Gasteiger partial charge in [0.2, 0.25) is 6.34 Å². The van der Waals surface area contributed by atoms with E-state index in [1.54, 1.807) is 11.2 Å². The zero-order valence-electron chi connectivity index (χ0n) is 6.29. The molecule has 2 amide bonds. The number of nitrogens with zero attached hydrogens (tertiary/aromatic N) is 2. The van der Waals surface area contributed by atoms with Crippen LogP contribution in [0.5, 0.6) is 0 Å². The summed E-state index contributed by atoms with van der Waals surface area (Å²) < 4.78 is 1.85. The molecular formula is C6H12N3O+. The van der Waals surface area contributed by atoms with Gasteiger partial charge < -0.3 is 5.32 Å². The van der Waals surface area contributed by atoms with Gasteiger partial charge in [0.1, 0.15) is 6.54 Å². The van der Waals surface area contributed by atoms with Crippen LogP contribution in [0.4, 0.5) is 4.79 Å². The molecule has 1 heterocycles. The van der Waals surface area contributed by atoms with E-state index in [9.17, 15) is 4.79 Å². The van der Waals surface area contributed by atoms with Crippen molar-refractivity contribution in [2.75, 3.05) is 27.2 Å². The Hall–Kier alpha value is -1.06. The molecule has 0 radical (unpaired) electrons. The van der Waals surface area contributed by atoms with Crippen molar-refractivity contribution in [2.45, 2.75) is 0 Å². The highest BCUT2D eigenvalue weighted by Crippen LogP contribution is 1.90. The molecule has 1 fully saturated rings. The molecule has 0 saturated carbocycles. The van der Waals surface area contributed by atoms with Gasteiger partial charge in [-0.2, -0.15) is 4.90 Å². The summed E-state index contributed by atoms with van der Waals surface area (Å²) >= 11 is 0. The molecule has 0 spiro atoms. The highest BCUT2D eigenvalue weighted by atomic mass is 16.2. The first kappa shape index (κ1) is 7.05. The largest absolute Gasteiger partial charge is 0.408 e. The minimum Gasteiger partial charge on any atom is -0.314 e. The molecule has 0 atom stereocenters. The molecule has 10 heavy (non-hydrogen) atoms. The summed E-state index contributed by atoms with van der Waals surface area (Å²) in [6.45, 7) is 1.53. The first-order chi connectivity index (χ1) is 4.70. The Morgan fingerprint density at radius 1 is 1.70 bits per heavy atom. The van der Waals surface area contributed by atoms with E-state index in [1.807, 2.05) is 18.7 Å². The van der Waals surface area contributed by atoms with Gasteiger partial charge in [-0.3, -0.25) is 4.58 Å². The number of carbonyl (C=O) groups excluding carboxylic acids is 1. The van der Waals surface area contributed by atoms with E-state index < -0.39 is 0 Å². The summed E-state index contributed by atoms with van der Waals surface area (Å²) in [6, 6.07) is -0.00583. The van der Waals surface area contributed by atoms with Gasteiger partial charge in [0.25, 0.3) is 0 Å². The van der Waals surface area contributed by atoms with Crippen molar-refractivity contribution in [3.63, 3.8) is 0 Å². The molecule has 0 unspecified atom stereocenters. The second kappa shape index (κ2) is 2.68. The first-order valence-corrected chi connectivity index (χ1v) is 3.26. The molecule has 4 nitrogen and oxygen atoms in total. The van der Waals surface area contributed by atoms with Crippen molar-refractivity contribution in [1.82, 2.24) is 10.2 Å². The van der Waals surface area contributed by atoms with Crippen molar-refractivity contribution in [3.8, 4) is 0 Å².